The molecular formula is C6H6F2O. The van der Waals surface area contributed by atoms with Gasteiger partial charge in [0.2, 0.25) is 0 Å². The smallest absolute Gasteiger partial charge is 0.270 e. The average molecular weight is 132 g/mol. The van der Waals surface area contributed by atoms with Gasteiger partial charge in [0.1, 0.15) is 5.76 Å². The summed E-state index contributed by atoms with van der Waals surface area (Å²) < 4.78 is 24.3. The van der Waals surface area contributed by atoms with Crippen LogP contribution in [0.4, 0.5) is 8.78 Å². The minimum absolute atomic E-state index is 0.0825. The summed E-state index contributed by atoms with van der Waals surface area (Å²) in [6, 6.07) is 0. The third kappa shape index (κ3) is 1.52. The highest BCUT2D eigenvalue weighted by atomic mass is 19.3. The van der Waals surface area contributed by atoms with Gasteiger partial charge in [-0.15, -0.1) is 0 Å². The van der Waals surface area contributed by atoms with Crippen molar-refractivity contribution in [2.24, 2.45) is 0 Å². The largest absolute Gasteiger partial charge is 0.508 e. The Balaban J connectivity index is 2.70. The Hall–Kier alpha value is -0.860. The van der Waals surface area contributed by atoms with Gasteiger partial charge in [0.15, 0.2) is 0 Å². The summed E-state index contributed by atoms with van der Waals surface area (Å²) in [4.78, 5) is 0. The molecule has 0 unspecified atom stereocenters. The monoisotopic (exact) mass is 132 g/mol. The number of halogens is 2. The van der Waals surface area contributed by atoms with Crippen molar-refractivity contribution < 1.29 is 13.9 Å². The van der Waals surface area contributed by atoms with Gasteiger partial charge in [0, 0.05) is 6.42 Å². The fourth-order valence-electron chi connectivity index (χ4n) is 0.584. The number of allylic oxidation sites excluding steroid dienone is 3. The molecule has 0 aromatic heterocycles. The molecule has 1 nitrogen and oxygen atoms in total. The predicted molar refractivity (Wildman–Crippen MR) is 29.4 cm³/mol. The minimum atomic E-state index is -2.76. The zero-order valence-electron chi connectivity index (χ0n) is 4.64. The van der Waals surface area contributed by atoms with Crippen molar-refractivity contribution >= 4 is 0 Å². The topological polar surface area (TPSA) is 20.2 Å². The number of hydrogen-bond acceptors (Lipinski definition) is 1. The number of rotatable bonds is 0. The van der Waals surface area contributed by atoms with Crippen LogP contribution in [0.1, 0.15) is 6.42 Å². The lowest BCUT2D eigenvalue weighted by molar-refractivity contribution is 0.0555. The highest BCUT2D eigenvalue weighted by molar-refractivity contribution is 5.19. The van der Waals surface area contributed by atoms with Crippen molar-refractivity contribution in [2.45, 2.75) is 12.3 Å². The Morgan fingerprint density at radius 2 is 2.22 bits per heavy atom. The van der Waals surface area contributed by atoms with Gasteiger partial charge < -0.3 is 5.11 Å². The van der Waals surface area contributed by atoms with Crippen LogP contribution in [-0.2, 0) is 0 Å². The normalized spacial score (nSPS) is 23.6. The van der Waals surface area contributed by atoms with Crippen LogP contribution in [0.25, 0.3) is 0 Å². The molecule has 0 radical (unpaired) electrons. The van der Waals surface area contributed by atoms with Crippen LogP contribution in [-0.4, -0.2) is 11.0 Å². The van der Waals surface area contributed by atoms with Crippen LogP contribution < -0.4 is 0 Å². The van der Waals surface area contributed by atoms with Gasteiger partial charge in [-0.05, 0) is 18.2 Å². The molecule has 0 aromatic rings. The summed E-state index contributed by atoms with van der Waals surface area (Å²) >= 11 is 0. The SMILES string of the molecule is OC1=CCC(F)(F)C=C1. The Morgan fingerprint density at radius 3 is 2.56 bits per heavy atom. The summed E-state index contributed by atoms with van der Waals surface area (Å²) in [7, 11) is 0. The van der Waals surface area contributed by atoms with Gasteiger partial charge in [-0.25, -0.2) is 8.78 Å². The molecule has 1 aliphatic carbocycles. The van der Waals surface area contributed by atoms with Crippen LogP contribution in [0, 0.1) is 0 Å². The minimum Gasteiger partial charge on any atom is -0.508 e. The Kier molecular flexibility index (Phi) is 1.27. The van der Waals surface area contributed by atoms with E-state index < -0.39 is 12.3 Å². The first-order valence-electron chi connectivity index (χ1n) is 2.56. The summed E-state index contributed by atoms with van der Waals surface area (Å²) in [5.74, 6) is -2.84. The van der Waals surface area contributed by atoms with Gasteiger partial charge in [-0.1, -0.05) is 0 Å². The fraction of sp³-hybridized carbons (Fsp3) is 0.333. The molecule has 1 N–H and O–H groups in total. The van der Waals surface area contributed by atoms with Gasteiger partial charge in [-0.3, -0.25) is 0 Å². The molecule has 9 heavy (non-hydrogen) atoms. The van der Waals surface area contributed by atoms with Gasteiger partial charge in [0.25, 0.3) is 5.92 Å². The standard InChI is InChI=1S/C6H6F2O/c7-6(8)3-1-5(9)2-4-6/h1-3,9H,4H2. The van der Waals surface area contributed by atoms with Crippen LogP contribution in [0.2, 0.25) is 0 Å². The van der Waals surface area contributed by atoms with Gasteiger partial charge >= 0.3 is 0 Å². The maximum atomic E-state index is 12.1. The third-order valence-electron chi connectivity index (χ3n) is 1.08. The summed E-state index contributed by atoms with van der Waals surface area (Å²) in [6.07, 6.45) is 2.40. The summed E-state index contributed by atoms with van der Waals surface area (Å²) in [5, 5.41) is 8.58. The molecule has 0 spiro atoms. The quantitative estimate of drug-likeness (QED) is 0.534. The molecule has 0 amide bonds. The highest BCUT2D eigenvalue weighted by Crippen LogP contribution is 2.24. The molecule has 0 heterocycles. The number of alkyl halides is 2. The molecular weight excluding hydrogens is 126 g/mol. The molecule has 1 rings (SSSR count). The van der Waals surface area contributed by atoms with E-state index in [2.05, 4.69) is 0 Å². The highest BCUT2D eigenvalue weighted by Gasteiger charge is 2.25. The van der Waals surface area contributed by atoms with E-state index in [0.717, 1.165) is 12.2 Å². The van der Waals surface area contributed by atoms with Crippen molar-refractivity contribution in [3.05, 3.63) is 24.0 Å². The second-order valence-electron chi connectivity index (χ2n) is 1.93. The molecule has 0 saturated heterocycles. The maximum Gasteiger partial charge on any atom is 0.270 e. The summed E-state index contributed by atoms with van der Waals surface area (Å²) in [6.45, 7) is 0. The van der Waals surface area contributed by atoms with E-state index in [1.165, 1.54) is 0 Å². The Morgan fingerprint density at radius 1 is 1.56 bits per heavy atom. The molecule has 0 fully saturated rings. The maximum absolute atomic E-state index is 12.1. The molecule has 3 heteroatoms. The fourth-order valence-corrected chi connectivity index (χ4v) is 0.584. The summed E-state index contributed by atoms with van der Waals surface area (Å²) in [5.41, 5.74) is 0. The van der Waals surface area contributed by atoms with Gasteiger partial charge in [0.05, 0.1) is 0 Å². The molecule has 0 aromatic carbocycles. The molecule has 0 atom stereocenters. The van der Waals surface area contributed by atoms with E-state index in [9.17, 15) is 8.78 Å². The lowest BCUT2D eigenvalue weighted by Gasteiger charge is -2.11. The Bertz CT molecular complexity index is 170. The van der Waals surface area contributed by atoms with Crippen molar-refractivity contribution in [1.82, 2.24) is 0 Å². The van der Waals surface area contributed by atoms with Crippen LogP contribution in [0.5, 0.6) is 0 Å². The van der Waals surface area contributed by atoms with E-state index in [1.54, 1.807) is 0 Å². The van der Waals surface area contributed by atoms with E-state index in [0.29, 0.717) is 6.08 Å². The van der Waals surface area contributed by atoms with E-state index >= 15 is 0 Å². The van der Waals surface area contributed by atoms with E-state index in [-0.39, 0.29) is 5.76 Å². The second kappa shape index (κ2) is 1.83. The third-order valence-corrected chi connectivity index (χ3v) is 1.08. The molecule has 1 aliphatic rings. The average Bonchev–Trinajstić information content (AvgIpc) is 1.78. The van der Waals surface area contributed by atoms with Crippen LogP contribution in [0.15, 0.2) is 24.0 Å². The zero-order valence-corrected chi connectivity index (χ0v) is 4.64. The first kappa shape index (κ1) is 6.26. The zero-order chi connectivity index (χ0) is 6.91. The molecule has 0 aliphatic heterocycles. The van der Waals surface area contributed by atoms with E-state index in [1.807, 2.05) is 0 Å². The first-order chi connectivity index (χ1) is 4.10. The molecule has 0 saturated carbocycles. The van der Waals surface area contributed by atoms with Crippen molar-refractivity contribution in [3.8, 4) is 0 Å². The first-order valence-corrected chi connectivity index (χ1v) is 2.56. The molecule has 50 valence electrons. The molecule has 0 bridgehead atoms. The lowest BCUT2D eigenvalue weighted by atomic mass is 10.1. The van der Waals surface area contributed by atoms with E-state index in [4.69, 9.17) is 5.11 Å². The second-order valence-corrected chi connectivity index (χ2v) is 1.93. The van der Waals surface area contributed by atoms with Crippen molar-refractivity contribution in [2.75, 3.05) is 0 Å². The number of aliphatic hydroxyl groups is 1. The predicted octanol–water partition coefficient (Wildman–Crippen LogP) is 2.02. The van der Waals surface area contributed by atoms with Crippen molar-refractivity contribution in [1.29, 1.82) is 0 Å². The van der Waals surface area contributed by atoms with Crippen LogP contribution in [0.3, 0.4) is 0 Å². The lowest BCUT2D eigenvalue weighted by Crippen LogP contribution is -2.12. The number of hydrogen-bond donors (Lipinski definition) is 1. The number of aliphatic hydroxyl groups excluding tert-OH is 1. The van der Waals surface area contributed by atoms with Crippen molar-refractivity contribution in [3.63, 3.8) is 0 Å². The van der Waals surface area contributed by atoms with Gasteiger partial charge in [-0.2, -0.15) is 0 Å². The Labute approximate surface area is 51.3 Å². The van der Waals surface area contributed by atoms with Crippen LogP contribution >= 0.6 is 0 Å².